The van der Waals surface area contributed by atoms with Crippen molar-refractivity contribution in [1.82, 2.24) is 31.1 Å². The maximum atomic E-state index is 12.3. The molecule has 144 valence electrons. The van der Waals surface area contributed by atoms with E-state index in [0.29, 0.717) is 17.1 Å². The Kier molecular flexibility index (Phi) is 6.22. The summed E-state index contributed by atoms with van der Waals surface area (Å²) < 4.78 is 5.24. The molecule has 2 amide bonds. The van der Waals surface area contributed by atoms with E-state index >= 15 is 0 Å². The fraction of sp³-hybridized carbons (Fsp3) is 0.167. The number of nitrogens with one attached hydrogen (secondary N) is 2. The predicted octanol–water partition coefficient (Wildman–Crippen LogP) is 1.53. The first-order valence-electron chi connectivity index (χ1n) is 8.25. The summed E-state index contributed by atoms with van der Waals surface area (Å²) in [5.41, 5.74) is 5.79. The molecule has 0 saturated carbocycles. The minimum atomic E-state index is -0.495. The van der Waals surface area contributed by atoms with Crippen molar-refractivity contribution in [2.45, 2.75) is 11.4 Å². The van der Waals surface area contributed by atoms with Gasteiger partial charge in [0.1, 0.15) is 12.3 Å². The molecular weight excluding hydrogens is 380 g/mol. The normalized spacial score (nSPS) is 10.4. The first-order chi connectivity index (χ1) is 13.6. The van der Waals surface area contributed by atoms with Crippen LogP contribution in [0.1, 0.15) is 10.4 Å². The van der Waals surface area contributed by atoms with E-state index in [9.17, 15) is 9.59 Å². The molecule has 3 aromatic rings. The average molecular weight is 398 g/mol. The number of carbonyl (C=O) groups is 2. The molecule has 0 unspecified atom stereocenters. The number of hydrazine groups is 1. The van der Waals surface area contributed by atoms with Crippen LogP contribution in [0, 0.1) is 0 Å². The highest BCUT2D eigenvalue weighted by atomic mass is 32.2. The van der Waals surface area contributed by atoms with E-state index in [1.165, 1.54) is 18.9 Å². The summed E-state index contributed by atoms with van der Waals surface area (Å²) in [6.45, 7) is -0.192. The lowest BCUT2D eigenvalue weighted by atomic mass is 10.2. The highest BCUT2D eigenvalue weighted by Crippen LogP contribution is 2.25. The molecule has 0 atom stereocenters. The van der Waals surface area contributed by atoms with Crippen molar-refractivity contribution in [3.05, 3.63) is 54.1 Å². The third-order valence-electron chi connectivity index (χ3n) is 3.74. The molecule has 1 aromatic heterocycles. The van der Waals surface area contributed by atoms with Gasteiger partial charge >= 0.3 is 0 Å². The number of nitrogens with zero attached hydrogens (tertiary/aromatic N) is 4. The summed E-state index contributed by atoms with van der Waals surface area (Å²) in [4.78, 5) is 26.5. The minimum absolute atomic E-state index is 0.192. The number of carbonyl (C=O) groups excluding carboxylic acids is 2. The number of hydrogen-bond donors (Lipinski definition) is 2. The number of hydrogen-bond acceptors (Lipinski definition) is 7. The Hall–Kier alpha value is -3.40. The molecule has 2 N–H and O–H groups in total. The standard InChI is InChI=1S/C18H18N6O3S/c1-27-15-10-13(28-2)8-9-14(15)18(26)21-19-16(25)11-24-22-17(20-23-24)12-6-4-3-5-7-12/h3-10H,11H2,1-2H3,(H,19,25)(H,21,26). The third kappa shape index (κ3) is 4.65. The summed E-state index contributed by atoms with van der Waals surface area (Å²) >= 11 is 1.53. The van der Waals surface area contributed by atoms with Crippen molar-refractivity contribution >= 4 is 23.6 Å². The maximum absolute atomic E-state index is 12.3. The summed E-state index contributed by atoms with van der Waals surface area (Å²) in [5, 5.41) is 11.9. The molecule has 0 aliphatic heterocycles. The van der Waals surface area contributed by atoms with Crippen LogP contribution in [0.25, 0.3) is 11.4 Å². The highest BCUT2D eigenvalue weighted by molar-refractivity contribution is 7.98. The van der Waals surface area contributed by atoms with Crippen LogP contribution in [-0.2, 0) is 11.3 Å². The smallest absolute Gasteiger partial charge is 0.273 e. The van der Waals surface area contributed by atoms with Gasteiger partial charge in [0.15, 0.2) is 0 Å². The Balaban J connectivity index is 1.57. The number of methoxy groups -OCH3 is 1. The monoisotopic (exact) mass is 398 g/mol. The molecule has 0 radical (unpaired) electrons. The van der Waals surface area contributed by atoms with E-state index in [1.807, 2.05) is 36.6 Å². The zero-order valence-electron chi connectivity index (χ0n) is 15.2. The quantitative estimate of drug-likeness (QED) is 0.478. The lowest BCUT2D eigenvalue weighted by Crippen LogP contribution is -2.43. The molecule has 10 heteroatoms. The SMILES string of the molecule is COc1cc(SC)ccc1C(=O)NNC(=O)Cn1nnc(-c2ccccc2)n1. The molecule has 0 bridgehead atoms. The van der Waals surface area contributed by atoms with Gasteiger partial charge in [-0.15, -0.1) is 22.0 Å². The number of amides is 2. The highest BCUT2D eigenvalue weighted by Gasteiger charge is 2.14. The second-order valence-corrected chi connectivity index (χ2v) is 6.46. The number of thioether (sulfide) groups is 1. The van der Waals surface area contributed by atoms with Gasteiger partial charge in [-0.1, -0.05) is 30.3 Å². The van der Waals surface area contributed by atoms with Gasteiger partial charge in [-0.3, -0.25) is 20.4 Å². The summed E-state index contributed by atoms with van der Waals surface area (Å²) in [5.74, 6) is -0.153. The summed E-state index contributed by atoms with van der Waals surface area (Å²) in [6, 6.07) is 14.5. The molecule has 2 aromatic carbocycles. The Morgan fingerprint density at radius 2 is 1.93 bits per heavy atom. The van der Waals surface area contributed by atoms with Crippen LogP contribution < -0.4 is 15.6 Å². The number of aromatic nitrogens is 4. The molecule has 0 aliphatic carbocycles. The van der Waals surface area contributed by atoms with E-state index in [1.54, 1.807) is 18.2 Å². The van der Waals surface area contributed by atoms with Gasteiger partial charge in [0.05, 0.1) is 12.7 Å². The van der Waals surface area contributed by atoms with Crippen LogP contribution in [0.15, 0.2) is 53.4 Å². The summed E-state index contributed by atoms with van der Waals surface area (Å²) in [7, 11) is 1.48. The second-order valence-electron chi connectivity index (χ2n) is 5.58. The molecule has 0 fully saturated rings. The molecule has 0 saturated heterocycles. The zero-order valence-corrected chi connectivity index (χ0v) is 16.1. The van der Waals surface area contributed by atoms with Crippen molar-refractivity contribution < 1.29 is 14.3 Å². The summed E-state index contributed by atoms with van der Waals surface area (Å²) in [6.07, 6.45) is 1.93. The van der Waals surface area contributed by atoms with Crippen molar-refractivity contribution in [2.24, 2.45) is 0 Å². The van der Waals surface area contributed by atoms with Crippen LogP contribution in [0.4, 0.5) is 0 Å². The lowest BCUT2D eigenvalue weighted by molar-refractivity contribution is -0.122. The molecule has 9 nitrogen and oxygen atoms in total. The van der Waals surface area contributed by atoms with Crippen molar-refractivity contribution in [2.75, 3.05) is 13.4 Å². The van der Waals surface area contributed by atoms with E-state index < -0.39 is 11.8 Å². The maximum Gasteiger partial charge on any atom is 0.273 e. The van der Waals surface area contributed by atoms with Crippen molar-refractivity contribution in [1.29, 1.82) is 0 Å². The molecular formula is C18H18N6O3S. The van der Waals surface area contributed by atoms with E-state index in [4.69, 9.17) is 4.74 Å². The van der Waals surface area contributed by atoms with Gasteiger partial charge in [-0.05, 0) is 29.7 Å². The lowest BCUT2D eigenvalue weighted by Gasteiger charge is -2.11. The Morgan fingerprint density at radius 1 is 1.14 bits per heavy atom. The largest absolute Gasteiger partial charge is 0.496 e. The molecule has 0 aliphatic rings. The number of benzene rings is 2. The van der Waals surface area contributed by atoms with Crippen LogP contribution in [0.2, 0.25) is 0 Å². The zero-order chi connectivity index (χ0) is 19.9. The number of ether oxygens (including phenoxy) is 1. The molecule has 3 rings (SSSR count). The van der Waals surface area contributed by atoms with E-state index in [-0.39, 0.29) is 6.54 Å². The van der Waals surface area contributed by atoms with Crippen LogP contribution in [-0.4, -0.2) is 45.4 Å². The first kappa shape index (κ1) is 19.4. The first-order valence-corrected chi connectivity index (χ1v) is 9.47. The Labute approximate surface area is 165 Å². The van der Waals surface area contributed by atoms with Crippen molar-refractivity contribution in [3.63, 3.8) is 0 Å². The number of tetrazole rings is 1. The average Bonchev–Trinajstić information content (AvgIpc) is 3.20. The topological polar surface area (TPSA) is 111 Å². The van der Waals surface area contributed by atoms with Crippen LogP contribution in [0.5, 0.6) is 5.75 Å². The van der Waals surface area contributed by atoms with Gasteiger partial charge in [-0.25, -0.2) is 0 Å². The third-order valence-corrected chi connectivity index (χ3v) is 4.46. The van der Waals surface area contributed by atoms with E-state index in [2.05, 4.69) is 26.3 Å². The Morgan fingerprint density at radius 3 is 2.64 bits per heavy atom. The fourth-order valence-corrected chi connectivity index (χ4v) is 2.79. The van der Waals surface area contributed by atoms with Crippen LogP contribution >= 0.6 is 11.8 Å². The van der Waals surface area contributed by atoms with E-state index in [0.717, 1.165) is 15.3 Å². The number of rotatable bonds is 6. The van der Waals surface area contributed by atoms with Gasteiger partial charge in [0.25, 0.3) is 11.8 Å². The van der Waals surface area contributed by atoms with Gasteiger partial charge in [0, 0.05) is 10.5 Å². The predicted molar refractivity (Wildman–Crippen MR) is 104 cm³/mol. The molecule has 1 heterocycles. The molecule has 28 heavy (non-hydrogen) atoms. The van der Waals surface area contributed by atoms with Crippen molar-refractivity contribution in [3.8, 4) is 17.1 Å². The fourth-order valence-electron chi connectivity index (χ4n) is 2.36. The Bertz CT molecular complexity index is 976. The van der Waals surface area contributed by atoms with Gasteiger partial charge in [0.2, 0.25) is 5.82 Å². The molecule has 0 spiro atoms. The van der Waals surface area contributed by atoms with Crippen LogP contribution in [0.3, 0.4) is 0 Å². The van der Waals surface area contributed by atoms with Gasteiger partial charge in [-0.2, -0.15) is 4.80 Å². The second kappa shape index (κ2) is 9.00. The van der Waals surface area contributed by atoms with Gasteiger partial charge < -0.3 is 4.74 Å². The minimum Gasteiger partial charge on any atom is -0.496 e.